The molecule has 0 saturated carbocycles. The lowest BCUT2D eigenvalue weighted by Crippen LogP contribution is -1.94. The van der Waals surface area contributed by atoms with Gasteiger partial charge in [-0.2, -0.15) is 0 Å². The number of thiazole rings is 1. The number of ether oxygens (including phenoxy) is 1. The predicted octanol–water partition coefficient (Wildman–Crippen LogP) is 1.78. The zero-order valence-electron chi connectivity index (χ0n) is 8.75. The first-order valence-corrected chi connectivity index (χ1v) is 5.70. The second kappa shape index (κ2) is 6.11. The molecular formula is C10H17NO2S. The maximum absolute atomic E-state index is 9.12. The zero-order chi connectivity index (χ0) is 10.4. The molecule has 0 aliphatic carbocycles. The van der Waals surface area contributed by atoms with Gasteiger partial charge in [0.15, 0.2) is 0 Å². The summed E-state index contributed by atoms with van der Waals surface area (Å²) in [6.07, 6.45) is 2.87. The Kier molecular flexibility index (Phi) is 5.07. The molecule has 80 valence electrons. The zero-order valence-corrected chi connectivity index (χ0v) is 9.56. The van der Waals surface area contributed by atoms with Crippen LogP contribution in [0.25, 0.3) is 0 Å². The highest BCUT2D eigenvalue weighted by Crippen LogP contribution is 2.20. The fourth-order valence-electron chi connectivity index (χ4n) is 1.29. The molecule has 1 N–H and O–H groups in total. The number of hydrogen-bond donors (Lipinski definition) is 1. The second-order valence-corrected chi connectivity index (χ2v) is 4.30. The molecule has 0 saturated heterocycles. The normalized spacial score (nSPS) is 10.8. The summed E-state index contributed by atoms with van der Waals surface area (Å²) in [7, 11) is 1.69. The van der Waals surface area contributed by atoms with Crippen molar-refractivity contribution in [2.24, 2.45) is 0 Å². The molecule has 3 nitrogen and oxygen atoms in total. The average molecular weight is 215 g/mol. The van der Waals surface area contributed by atoms with Crippen molar-refractivity contribution in [1.82, 2.24) is 4.98 Å². The minimum absolute atomic E-state index is 0.111. The molecule has 1 aromatic rings. The molecule has 0 amide bonds. The average Bonchev–Trinajstić information content (AvgIpc) is 2.58. The molecule has 4 heteroatoms. The highest BCUT2D eigenvalue weighted by Gasteiger charge is 2.08. The molecule has 0 fully saturated rings. The van der Waals surface area contributed by atoms with Gasteiger partial charge in [0.2, 0.25) is 0 Å². The van der Waals surface area contributed by atoms with Crippen LogP contribution in [0.15, 0.2) is 0 Å². The largest absolute Gasteiger partial charge is 0.391 e. The topological polar surface area (TPSA) is 42.4 Å². The van der Waals surface area contributed by atoms with Crippen LogP contribution in [0.4, 0.5) is 0 Å². The number of rotatable bonds is 6. The fraction of sp³-hybridized carbons (Fsp3) is 0.700. The molecule has 14 heavy (non-hydrogen) atoms. The van der Waals surface area contributed by atoms with E-state index in [1.54, 1.807) is 18.4 Å². The van der Waals surface area contributed by atoms with Crippen LogP contribution in [0, 0.1) is 0 Å². The molecule has 0 unspecified atom stereocenters. The number of methoxy groups -OCH3 is 1. The maximum atomic E-state index is 9.12. The Balaban J connectivity index is 2.67. The van der Waals surface area contributed by atoms with Gasteiger partial charge >= 0.3 is 0 Å². The maximum Gasteiger partial charge on any atom is 0.0954 e. The number of aromatic nitrogens is 1. The van der Waals surface area contributed by atoms with Crippen molar-refractivity contribution in [2.45, 2.75) is 32.8 Å². The fourth-order valence-corrected chi connectivity index (χ4v) is 2.24. The van der Waals surface area contributed by atoms with Gasteiger partial charge in [0.05, 0.1) is 28.8 Å². The van der Waals surface area contributed by atoms with Crippen LogP contribution in [0.3, 0.4) is 0 Å². The van der Waals surface area contributed by atoms with Gasteiger partial charge in [0.25, 0.3) is 0 Å². The van der Waals surface area contributed by atoms with Crippen molar-refractivity contribution in [3.8, 4) is 0 Å². The van der Waals surface area contributed by atoms with Gasteiger partial charge in [-0.15, -0.1) is 11.3 Å². The van der Waals surface area contributed by atoms with Crippen LogP contribution in [0.2, 0.25) is 0 Å². The Morgan fingerprint density at radius 2 is 2.21 bits per heavy atom. The van der Waals surface area contributed by atoms with E-state index in [4.69, 9.17) is 9.84 Å². The molecule has 0 atom stereocenters. The van der Waals surface area contributed by atoms with Crippen LogP contribution in [-0.4, -0.2) is 23.8 Å². The number of aliphatic hydroxyl groups is 1. The summed E-state index contributed by atoms with van der Waals surface area (Å²) < 4.78 is 4.99. The van der Waals surface area contributed by atoms with Crippen LogP contribution < -0.4 is 0 Å². The lowest BCUT2D eigenvalue weighted by molar-refractivity contribution is 0.202. The highest BCUT2D eigenvalue weighted by molar-refractivity contribution is 7.11. The summed E-state index contributed by atoms with van der Waals surface area (Å²) in [5, 5.41) is 10.2. The van der Waals surface area contributed by atoms with Gasteiger partial charge in [-0.3, -0.25) is 0 Å². The highest BCUT2D eigenvalue weighted by atomic mass is 32.1. The molecule has 0 aromatic carbocycles. The van der Waals surface area contributed by atoms with E-state index >= 15 is 0 Å². The number of aryl methyl sites for hydroxylation is 1. The smallest absolute Gasteiger partial charge is 0.0954 e. The van der Waals surface area contributed by atoms with Gasteiger partial charge in [-0.25, -0.2) is 4.98 Å². The number of nitrogens with zero attached hydrogens (tertiary/aromatic N) is 1. The Labute approximate surface area is 88.8 Å². The van der Waals surface area contributed by atoms with Gasteiger partial charge in [0, 0.05) is 13.5 Å². The summed E-state index contributed by atoms with van der Waals surface area (Å²) in [5.74, 6) is 0. The molecule has 0 aliphatic rings. The molecule has 0 aliphatic heterocycles. The summed E-state index contributed by atoms with van der Waals surface area (Å²) in [4.78, 5) is 5.50. The van der Waals surface area contributed by atoms with E-state index in [1.807, 2.05) is 0 Å². The molecule has 0 spiro atoms. The van der Waals surface area contributed by atoms with Crippen LogP contribution >= 0.6 is 11.3 Å². The van der Waals surface area contributed by atoms with E-state index in [0.717, 1.165) is 34.8 Å². The van der Waals surface area contributed by atoms with Crippen molar-refractivity contribution >= 4 is 11.3 Å². The molecule has 1 heterocycles. The van der Waals surface area contributed by atoms with E-state index in [2.05, 4.69) is 11.9 Å². The molecule has 1 rings (SSSR count). The van der Waals surface area contributed by atoms with Crippen LogP contribution in [0.1, 0.15) is 28.9 Å². The van der Waals surface area contributed by atoms with Crippen molar-refractivity contribution in [2.75, 3.05) is 13.7 Å². The van der Waals surface area contributed by atoms with E-state index < -0.39 is 0 Å². The number of hydrogen-bond acceptors (Lipinski definition) is 4. The SMILES string of the molecule is CCCc1nc(CCOC)sc1CO. The van der Waals surface area contributed by atoms with Crippen molar-refractivity contribution in [3.63, 3.8) is 0 Å². The Hall–Kier alpha value is -0.450. The molecule has 0 radical (unpaired) electrons. The van der Waals surface area contributed by atoms with Crippen molar-refractivity contribution in [1.29, 1.82) is 0 Å². The van der Waals surface area contributed by atoms with Gasteiger partial charge in [-0.05, 0) is 6.42 Å². The predicted molar refractivity (Wildman–Crippen MR) is 57.6 cm³/mol. The van der Waals surface area contributed by atoms with E-state index in [-0.39, 0.29) is 6.61 Å². The second-order valence-electron chi connectivity index (χ2n) is 3.13. The summed E-state index contributed by atoms with van der Waals surface area (Å²) in [6.45, 7) is 2.93. The summed E-state index contributed by atoms with van der Waals surface area (Å²) in [6, 6.07) is 0. The minimum Gasteiger partial charge on any atom is -0.391 e. The van der Waals surface area contributed by atoms with Gasteiger partial charge in [-0.1, -0.05) is 13.3 Å². The van der Waals surface area contributed by atoms with Crippen LogP contribution in [0.5, 0.6) is 0 Å². The Bertz CT molecular complexity index is 273. The monoisotopic (exact) mass is 215 g/mol. The third-order valence-corrected chi connectivity index (χ3v) is 3.12. The Morgan fingerprint density at radius 1 is 1.43 bits per heavy atom. The summed E-state index contributed by atoms with van der Waals surface area (Å²) >= 11 is 1.60. The molecular weight excluding hydrogens is 198 g/mol. The third kappa shape index (κ3) is 3.04. The quantitative estimate of drug-likeness (QED) is 0.786. The minimum atomic E-state index is 0.111. The van der Waals surface area contributed by atoms with E-state index in [1.165, 1.54) is 0 Å². The molecule has 0 bridgehead atoms. The first-order valence-electron chi connectivity index (χ1n) is 4.89. The lowest BCUT2D eigenvalue weighted by Gasteiger charge is -1.94. The number of aliphatic hydroxyl groups excluding tert-OH is 1. The Morgan fingerprint density at radius 3 is 2.79 bits per heavy atom. The van der Waals surface area contributed by atoms with Crippen molar-refractivity contribution in [3.05, 3.63) is 15.6 Å². The molecule has 1 aromatic heterocycles. The first kappa shape index (κ1) is 11.6. The third-order valence-electron chi connectivity index (χ3n) is 1.97. The van der Waals surface area contributed by atoms with Gasteiger partial charge in [0.1, 0.15) is 0 Å². The van der Waals surface area contributed by atoms with Crippen molar-refractivity contribution < 1.29 is 9.84 Å². The first-order chi connectivity index (χ1) is 6.81. The summed E-state index contributed by atoms with van der Waals surface area (Å²) in [5.41, 5.74) is 1.06. The van der Waals surface area contributed by atoms with Gasteiger partial charge < -0.3 is 9.84 Å². The lowest BCUT2D eigenvalue weighted by atomic mass is 10.2. The van der Waals surface area contributed by atoms with E-state index in [9.17, 15) is 0 Å². The van der Waals surface area contributed by atoms with Crippen LogP contribution in [-0.2, 0) is 24.2 Å². The van der Waals surface area contributed by atoms with E-state index in [0.29, 0.717) is 6.61 Å². The standard InChI is InChI=1S/C10H17NO2S/c1-3-4-8-9(7-12)14-10(11-8)5-6-13-2/h12H,3-7H2,1-2H3.